The van der Waals surface area contributed by atoms with Crippen molar-refractivity contribution < 1.29 is 4.52 Å². The van der Waals surface area contributed by atoms with E-state index in [9.17, 15) is 0 Å². The fourth-order valence-electron chi connectivity index (χ4n) is 1.43. The Hall–Kier alpha value is -1.62. The van der Waals surface area contributed by atoms with Crippen LogP contribution < -0.4 is 10.6 Å². The predicted molar refractivity (Wildman–Crippen MR) is 58.7 cm³/mol. The number of nitrogens with two attached hydrogens (primary N) is 1. The van der Waals surface area contributed by atoms with Gasteiger partial charge >= 0.3 is 0 Å². The van der Waals surface area contributed by atoms with Crippen molar-refractivity contribution in [3.8, 4) is 0 Å². The summed E-state index contributed by atoms with van der Waals surface area (Å²) in [6.45, 7) is 2.63. The lowest BCUT2D eigenvalue weighted by molar-refractivity contribution is 0.456. The second-order valence-corrected chi connectivity index (χ2v) is 3.57. The van der Waals surface area contributed by atoms with E-state index in [-0.39, 0.29) is 6.04 Å². The smallest absolute Gasteiger partial charge is 0.172 e. The summed E-state index contributed by atoms with van der Waals surface area (Å²) in [5, 5.41) is 4.67. The first-order chi connectivity index (χ1) is 7.24. The van der Waals surface area contributed by atoms with Crippen LogP contribution in [0.15, 0.2) is 23.0 Å². The summed E-state index contributed by atoms with van der Waals surface area (Å²) >= 11 is 0. The highest BCUT2D eigenvalue weighted by Crippen LogP contribution is 2.23. The number of pyridine rings is 1. The molecule has 0 saturated carbocycles. The Morgan fingerprint density at radius 3 is 3.13 bits per heavy atom. The molecule has 0 aliphatic carbocycles. The van der Waals surface area contributed by atoms with Crippen molar-refractivity contribution in [2.24, 2.45) is 5.73 Å². The van der Waals surface area contributed by atoms with E-state index in [1.807, 2.05) is 18.9 Å². The van der Waals surface area contributed by atoms with Crippen LogP contribution in [-0.2, 0) is 0 Å². The highest BCUT2D eigenvalue weighted by Gasteiger charge is 2.14. The topological polar surface area (TPSA) is 68.2 Å². The zero-order valence-electron chi connectivity index (χ0n) is 8.84. The van der Waals surface area contributed by atoms with Gasteiger partial charge in [-0.15, -0.1) is 0 Å². The third kappa shape index (κ3) is 1.66. The first-order valence-electron chi connectivity index (χ1n) is 4.86. The van der Waals surface area contributed by atoms with E-state index in [0.717, 1.165) is 16.8 Å². The minimum atomic E-state index is 0.234. The molecule has 15 heavy (non-hydrogen) atoms. The molecule has 5 nitrogen and oxygen atoms in total. The minimum Gasteiger partial charge on any atom is -0.356 e. The fourth-order valence-corrected chi connectivity index (χ4v) is 1.43. The second kappa shape index (κ2) is 3.86. The number of likely N-dealkylation sites (N-methyl/N-ethyl adjacent to an activating group) is 1. The third-order valence-electron chi connectivity index (χ3n) is 2.60. The minimum absolute atomic E-state index is 0.234. The van der Waals surface area contributed by atoms with Crippen molar-refractivity contribution in [3.63, 3.8) is 0 Å². The first-order valence-corrected chi connectivity index (χ1v) is 4.86. The van der Waals surface area contributed by atoms with E-state index >= 15 is 0 Å². The average Bonchev–Trinajstić information content (AvgIpc) is 2.74. The third-order valence-corrected chi connectivity index (χ3v) is 2.60. The molecule has 0 bridgehead atoms. The number of anilines is 1. The molecule has 1 unspecified atom stereocenters. The molecule has 2 rings (SSSR count). The van der Waals surface area contributed by atoms with Gasteiger partial charge in [0.05, 0.1) is 11.6 Å². The van der Waals surface area contributed by atoms with Crippen LogP contribution in [0.2, 0.25) is 0 Å². The summed E-state index contributed by atoms with van der Waals surface area (Å²) in [6.07, 6.45) is 3.39. The number of fused-ring (bicyclic) bond motifs is 1. The molecule has 0 aliphatic heterocycles. The van der Waals surface area contributed by atoms with Crippen molar-refractivity contribution in [3.05, 3.63) is 18.5 Å². The molecular weight excluding hydrogens is 192 g/mol. The van der Waals surface area contributed by atoms with Crippen molar-refractivity contribution >= 4 is 16.8 Å². The predicted octanol–water partition coefficient (Wildman–Crippen LogP) is 1.01. The molecular formula is C10H14N4O. The zero-order chi connectivity index (χ0) is 10.8. The summed E-state index contributed by atoms with van der Waals surface area (Å²) in [6, 6.07) is 2.03. The van der Waals surface area contributed by atoms with Crippen molar-refractivity contribution in [2.45, 2.75) is 13.0 Å². The van der Waals surface area contributed by atoms with E-state index in [2.05, 4.69) is 10.1 Å². The zero-order valence-corrected chi connectivity index (χ0v) is 8.84. The maximum absolute atomic E-state index is 5.62. The van der Waals surface area contributed by atoms with Crippen molar-refractivity contribution in [1.29, 1.82) is 0 Å². The summed E-state index contributed by atoms with van der Waals surface area (Å²) in [5.74, 6) is 0.853. The lowest BCUT2D eigenvalue weighted by atomic mass is 10.2. The summed E-state index contributed by atoms with van der Waals surface area (Å²) in [7, 11) is 1.96. The van der Waals surface area contributed by atoms with Gasteiger partial charge in [0.25, 0.3) is 0 Å². The van der Waals surface area contributed by atoms with Crippen LogP contribution in [0.25, 0.3) is 11.0 Å². The Kier molecular flexibility index (Phi) is 2.55. The van der Waals surface area contributed by atoms with Crippen LogP contribution in [0.1, 0.15) is 6.92 Å². The quantitative estimate of drug-likeness (QED) is 0.811. The van der Waals surface area contributed by atoms with E-state index in [0.29, 0.717) is 6.54 Å². The Morgan fingerprint density at radius 1 is 1.60 bits per heavy atom. The molecule has 0 spiro atoms. The molecule has 0 aromatic carbocycles. The van der Waals surface area contributed by atoms with E-state index in [1.54, 1.807) is 18.5 Å². The van der Waals surface area contributed by atoms with Crippen LogP contribution in [0.4, 0.5) is 5.82 Å². The van der Waals surface area contributed by atoms with Crippen LogP contribution in [0, 0.1) is 0 Å². The fraction of sp³-hybridized carbons (Fsp3) is 0.400. The van der Waals surface area contributed by atoms with Gasteiger partial charge in [-0.25, -0.2) is 4.98 Å². The maximum Gasteiger partial charge on any atom is 0.172 e. The Labute approximate surface area is 87.9 Å². The normalized spacial score (nSPS) is 13.0. The average molecular weight is 206 g/mol. The van der Waals surface area contributed by atoms with Gasteiger partial charge in [-0.1, -0.05) is 5.16 Å². The molecule has 0 amide bonds. The Balaban J connectivity index is 2.46. The molecule has 2 N–H and O–H groups in total. The van der Waals surface area contributed by atoms with Gasteiger partial charge in [0.1, 0.15) is 5.82 Å². The molecule has 2 heterocycles. The van der Waals surface area contributed by atoms with Gasteiger partial charge in [-0.3, -0.25) is 0 Å². The molecule has 80 valence electrons. The highest BCUT2D eigenvalue weighted by atomic mass is 16.5. The molecule has 5 heteroatoms. The molecule has 1 atom stereocenters. The summed E-state index contributed by atoms with van der Waals surface area (Å²) < 4.78 is 5.07. The van der Waals surface area contributed by atoms with Gasteiger partial charge in [0.15, 0.2) is 5.58 Å². The van der Waals surface area contributed by atoms with Crippen LogP contribution in [0.5, 0.6) is 0 Å². The summed E-state index contributed by atoms with van der Waals surface area (Å²) in [4.78, 5) is 6.35. The van der Waals surface area contributed by atoms with E-state index in [4.69, 9.17) is 10.3 Å². The first kappa shape index (κ1) is 9.92. The van der Waals surface area contributed by atoms with Crippen molar-refractivity contribution in [2.75, 3.05) is 18.5 Å². The number of nitrogens with zero attached hydrogens (tertiary/aromatic N) is 3. The van der Waals surface area contributed by atoms with Gasteiger partial charge in [-0.2, -0.15) is 0 Å². The lowest BCUT2D eigenvalue weighted by Crippen LogP contribution is -2.35. The number of hydrogen-bond acceptors (Lipinski definition) is 5. The molecule has 0 radical (unpaired) electrons. The Morgan fingerprint density at radius 2 is 2.40 bits per heavy atom. The number of hydrogen-bond donors (Lipinski definition) is 1. The van der Waals surface area contributed by atoms with E-state index in [1.165, 1.54) is 0 Å². The van der Waals surface area contributed by atoms with Gasteiger partial charge in [0, 0.05) is 31.9 Å². The summed E-state index contributed by atoms with van der Waals surface area (Å²) in [5.41, 5.74) is 6.37. The van der Waals surface area contributed by atoms with Crippen LogP contribution in [-0.4, -0.2) is 29.8 Å². The molecule has 0 saturated heterocycles. The van der Waals surface area contributed by atoms with Gasteiger partial charge in [-0.05, 0) is 6.92 Å². The van der Waals surface area contributed by atoms with Gasteiger partial charge in [0.2, 0.25) is 0 Å². The highest BCUT2D eigenvalue weighted by molar-refractivity contribution is 5.87. The SMILES string of the molecule is CC(CN)N(C)c1nccc2oncc12. The standard InChI is InChI=1S/C10H14N4O/c1-7(5-11)14(2)10-8-6-13-15-9(8)3-4-12-10/h3-4,6-7H,5,11H2,1-2H3. The molecule has 0 fully saturated rings. The van der Waals surface area contributed by atoms with Crippen molar-refractivity contribution in [1.82, 2.24) is 10.1 Å². The van der Waals surface area contributed by atoms with Crippen LogP contribution in [0.3, 0.4) is 0 Å². The largest absolute Gasteiger partial charge is 0.356 e. The molecule has 0 aliphatic rings. The number of aromatic nitrogens is 2. The van der Waals surface area contributed by atoms with Gasteiger partial charge < -0.3 is 15.2 Å². The lowest BCUT2D eigenvalue weighted by Gasteiger charge is -2.24. The molecule has 2 aromatic heterocycles. The Bertz CT molecular complexity index is 453. The van der Waals surface area contributed by atoms with E-state index < -0.39 is 0 Å². The number of rotatable bonds is 3. The van der Waals surface area contributed by atoms with Crippen LogP contribution >= 0.6 is 0 Å². The molecule has 2 aromatic rings. The second-order valence-electron chi connectivity index (χ2n) is 3.57. The monoisotopic (exact) mass is 206 g/mol. The maximum atomic E-state index is 5.62.